The summed E-state index contributed by atoms with van der Waals surface area (Å²) in [6.07, 6.45) is 1.62. The molecular weight excluding hydrogens is 420 g/mol. The maximum atomic E-state index is 12.3. The van der Waals surface area contributed by atoms with Crippen molar-refractivity contribution in [1.29, 1.82) is 5.26 Å². The van der Waals surface area contributed by atoms with Crippen LogP contribution in [-0.4, -0.2) is 15.7 Å². The third-order valence-electron chi connectivity index (χ3n) is 3.42. The Morgan fingerprint density at radius 3 is 2.88 bits per heavy atom. The Labute approximate surface area is 163 Å². The number of halogens is 2. The Morgan fingerprint density at radius 1 is 1.31 bits per heavy atom. The summed E-state index contributed by atoms with van der Waals surface area (Å²) < 4.78 is 7.93. The molecule has 1 N–H and O–H groups in total. The summed E-state index contributed by atoms with van der Waals surface area (Å²) in [5.74, 6) is 0.104. The molecule has 3 aromatic rings. The van der Waals surface area contributed by atoms with Gasteiger partial charge in [0.05, 0.1) is 16.3 Å². The zero-order chi connectivity index (χ0) is 18.5. The van der Waals surface area contributed by atoms with E-state index in [1.165, 1.54) is 4.68 Å². The molecule has 26 heavy (non-hydrogen) atoms. The van der Waals surface area contributed by atoms with Gasteiger partial charge in [-0.2, -0.15) is 10.4 Å². The van der Waals surface area contributed by atoms with Crippen LogP contribution in [0.2, 0.25) is 5.02 Å². The molecule has 0 aliphatic rings. The summed E-state index contributed by atoms with van der Waals surface area (Å²) in [6.45, 7) is 0.101. The van der Waals surface area contributed by atoms with E-state index in [9.17, 15) is 4.79 Å². The SMILES string of the molecule is N#Cc1ccccc1NC(=O)c1ccn(COc2ccc(Br)cc2Cl)n1. The van der Waals surface area contributed by atoms with Gasteiger partial charge in [-0.05, 0) is 36.4 Å². The molecular formula is C18H12BrClN4O2. The average Bonchev–Trinajstić information content (AvgIpc) is 3.10. The Morgan fingerprint density at radius 2 is 2.12 bits per heavy atom. The molecule has 0 aliphatic heterocycles. The fourth-order valence-electron chi connectivity index (χ4n) is 2.16. The van der Waals surface area contributed by atoms with Crippen LogP contribution in [0.25, 0.3) is 0 Å². The van der Waals surface area contributed by atoms with Gasteiger partial charge in [-0.3, -0.25) is 4.79 Å². The highest BCUT2D eigenvalue weighted by molar-refractivity contribution is 9.10. The standard InChI is InChI=1S/C18H12BrClN4O2/c19-13-5-6-17(14(20)9-13)26-11-24-8-7-16(23-24)18(25)22-15-4-2-1-3-12(15)10-21/h1-9H,11H2,(H,22,25). The van der Waals surface area contributed by atoms with E-state index in [4.69, 9.17) is 21.6 Å². The van der Waals surface area contributed by atoms with Gasteiger partial charge in [0, 0.05) is 10.7 Å². The lowest BCUT2D eigenvalue weighted by atomic mass is 10.2. The number of carbonyl (C=O) groups excluding carboxylic acids is 1. The number of amides is 1. The van der Waals surface area contributed by atoms with Crippen LogP contribution in [-0.2, 0) is 6.73 Å². The minimum Gasteiger partial charge on any atom is -0.470 e. The number of anilines is 1. The first-order valence-corrected chi connectivity index (χ1v) is 8.65. The highest BCUT2D eigenvalue weighted by Crippen LogP contribution is 2.27. The molecule has 130 valence electrons. The number of benzene rings is 2. The quantitative estimate of drug-likeness (QED) is 0.647. The number of nitrogens with zero attached hydrogens (tertiary/aromatic N) is 3. The van der Waals surface area contributed by atoms with Gasteiger partial charge < -0.3 is 10.1 Å². The van der Waals surface area contributed by atoms with Crippen LogP contribution < -0.4 is 10.1 Å². The first-order valence-electron chi connectivity index (χ1n) is 7.48. The van der Waals surface area contributed by atoms with Crippen molar-refractivity contribution >= 4 is 39.1 Å². The molecule has 0 saturated carbocycles. The van der Waals surface area contributed by atoms with Gasteiger partial charge in [-0.25, -0.2) is 4.68 Å². The van der Waals surface area contributed by atoms with Gasteiger partial charge in [0.2, 0.25) is 0 Å². The van der Waals surface area contributed by atoms with Gasteiger partial charge in [-0.1, -0.05) is 39.7 Å². The van der Waals surface area contributed by atoms with Crippen molar-refractivity contribution < 1.29 is 9.53 Å². The van der Waals surface area contributed by atoms with Crippen LogP contribution >= 0.6 is 27.5 Å². The van der Waals surface area contributed by atoms with E-state index < -0.39 is 5.91 Å². The molecule has 0 bridgehead atoms. The van der Waals surface area contributed by atoms with E-state index >= 15 is 0 Å². The molecule has 1 amide bonds. The Hall–Kier alpha value is -2.82. The molecule has 0 unspecified atom stereocenters. The smallest absolute Gasteiger partial charge is 0.276 e. The fourth-order valence-corrected chi connectivity index (χ4v) is 2.89. The highest BCUT2D eigenvalue weighted by Gasteiger charge is 2.12. The summed E-state index contributed by atoms with van der Waals surface area (Å²) in [6, 6.07) is 15.6. The van der Waals surface area contributed by atoms with E-state index in [1.54, 1.807) is 48.7 Å². The second kappa shape index (κ2) is 8.04. The molecule has 6 nitrogen and oxygen atoms in total. The topological polar surface area (TPSA) is 79.9 Å². The number of rotatable bonds is 5. The number of nitrogens with one attached hydrogen (secondary N) is 1. The van der Waals surface area contributed by atoms with Crippen molar-refractivity contribution in [2.45, 2.75) is 6.73 Å². The van der Waals surface area contributed by atoms with Gasteiger partial charge in [0.1, 0.15) is 11.8 Å². The monoisotopic (exact) mass is 430 g/mol. The van der Waals surface area contributed by atoms with Gasteiger partial charge in [0.15, 0.2) is 12.4 Å². The molecule has 1 aromatic heterocycles. The van der Waals surface area contributed by atoms with E-state index in [0.29, 0.717) is 22.0 Å². The third kappa shape index (κ3) is 4.23. The Bertz CT molecular complexity index is 997. The highest BCUT2D eigenvalue weighted by atomic mass is 79.9. The van der Waals surface area contributed by atoms with Crippen molar-refractivity contribution in [1.82, 2.24) is 9.78 Å². The second-order valence-corrected chi connectivity index (χ2v) is 6.52. The van der Waals surface area contributed by atoms with Gasteiger partial charge in [-0.15, -0.1) is 0 Å². The lowest BCUT2D eigenvalue weighted by molar-refractivity contribution is 0.102. The van der Waals surface area contributed by atoms with E-state index in [-0.39, 0.29) is 12.4 Å². The van der Waals surface area contributed by atoms with Crippen LogP contribution in [0.3, 0.4) is 0 Å². The first-order chi connectivity index (χ1) is 12.6. The van der Waals surface area contributed by atoms with E-state index in [1.807, 2.05) is 12.1 Å². The molecule has 1 heterocycles. The van der Waals surface area contributed by atoms with E-state index in [0.717, 1.165) is 4.47 Å². The Balaban J connectivity index is 1.65. The third-order valence-corrected chi connectivity index (χ3v) is 4.20. The van der Waals surface area contributed by atoms with Crippen molar-refractivity contribution in [3.8, 4) is 11.8 Å². The van der Waals surface area contributed by atoms with Crippen molar-refractivity contribution in [2.24, 2.45) is 0 Å². The minimum atomic E-state index is -0.409. The van der Waals surface area contributed by atoms with Crippen molar-refractivity contribution in [2.75, 3.05) is 5.32 Å². The summed E-state index contributed by atoms with van der Waals surface area (Å²) >= 11 is 9.42. The lowest BCUT2D eigenvalue weighted by Crippen LogP contribution is -2.15. The predicted octanol–water partition coefficient (Wildman–Crippen LogP) is 4.46. The molecule has 0 saturated heterocycles. The van der Waals surface area contributed by atoms with Crippen LogP contribution in [0.5, 0.6) is 5.75 Å². The summed E-state index contributed by atoms with van der Waals surface area (Å²) in [7, 11) is 0. The molecule has 0 aliphatic carbocycles. The predicted molar refractivity (Wildman–Crippen MR) is 101 cm³/mol. The Kier molecular flexibility index (Phi) is 5.56. The van der Waals surface area contributed by atoms with Crippen LogP contribution in [0.1, 0.15) is 16.1 Å². The maximum Gasteiger partial charge on any atom is 0.276 e. The molecule has 0 radical (unpaired) electrons. The molecule has 0 atom stereocenters. The van der Waals surface area contributed by atoms with Crippen LogP contribution in [0, 0.1) is 11.3 Å². The van der Waals surface area contributed by atoms with Gasteiger partial charge >= 0.3 is 0 Å². The molecule has 0 fully saturated rings. The van der Waals surface area contributed by atoms with Crippen molar-refractivity contribution in [3.63, 3.8) is 0 Å². The number of aromatic nitrogens is 2. The van der Waals surface area contributed by atoms with Crippen molar-refractivity contribution in [3.05, 3.63) is 75.5 Å². The van der Waals surface area contributed by atoms with E-state index in [2.05, 4.69) is 26.3 Å². The minimum absolute atomic E-state index is 0.101. The molecule has 3 rings (SSSR count). The number of hydrogen-bond donors (Lipinski definition) is 1. The zero-order valence-electron chi connectivity index (χ0n) is 13.3. The number of carbonyl (C=O) groups is 1. The van der Waals surface area contributed by atoms with Gasteiger partial charge in [0.25, 0.3) is 5.91 Å². The summed E-state index contributed by atoms with van der Waals surface area (Å²) in [5.41, 5.74) is 1.03. The normalized spacial score (nSPS) is 10.2. The molecule has 0 spiro atoms. The fraction of sp³-hybridized carbons (Fsp3) is 0.0556. The van der Waals surface area contributed by atoms with Crippen LogP contribution in [0.15, 0.2) is 59.2 Å². The summed E-state index contributed by atoms with van der Waals surface area (Å²) in [5, 5.41) is 16.4. The first kappa shape index (κ1) is 18.0. The number of hydrogen-bond acceptors (Lipinski definition) is 4. The lowest BCUT2D eigenvalue weighted by Gasteiger charge is -2.08. The molecule has 8 heteroatoms. The molecule has 2 aromatic carbocycles. The van der Waals surface area contributed by atoms with Crippen LogP contribution in [0.4, 0.5) is 5.69 Å². The second-order valence-electron chi connectivity index (χ2n) is 5.20. The average molecular weight is 432 g/mol. The number of nitriles is 1. The zero-order valence-corrected chi connectivity index (χ0v) is 15.7. The number of para-hydroxylation sites is 1. The number of ether oxygens (including phenoxy) is 1. The summed E-state index contributed by atoms with van der Waals surface area (Å²) in [4.78, 5) is 12.3. The maximum absolute atomic E-state index is 12.3. The largest absolute Gasteiger partial charge is 0.470 e.